The Hall–Kier alpha value is 0.310. The molecule has 0 aromatic heterocycles. The molecule has 0 spiro atoms. The Morgan fingerprint density at radius 2 is 1.75 bits per heavy atom. The molecule has 0 amide bonds. The van der Waals surface area contributed by atoms with Crippen LogP contribution in [0.4, 0.5) is 0 Å². The molecule has 2 fully saturated rings. The molecule has 2 rings (SSSR count). The summed E-state index contributed by atoms with van der Waals surface area (Å²) in [6.07, 6.45) is 13.9. The third-order valence-corrected chi connectivity index (χ3v) is 5.76. The summed E-state index contributed by atoms with van der Waals surface area (Å²) in [5.41, 5.74) is 0. The van der Waals surface area contributed by atoms with Crippen molar-refractivity contribution in [2.75, 3.05) is 6.26 Å². The lowest BCUT2D eigenvalue weighted by Gasteiger charge is -2.32. The number of rotatable bonds is 4. The SMILES string of the molecule is CSC1CCCC1NC(C)C1CCCCC1. The largest absolute Gasteiger partial charge is 0.310 e. The van der Waals surface area contributed by atoms with Crippen LogP contribution >= 0.6 is 11.8 Å². The van der Waals surface area contributed by atoms with Crippen molar-refractivity contribution < 1.29 is 0 Å². The van der Waals surface area contributed by atoms with Gasteiger partial charge in [0, 0.05) is 17.3 Å². The molecule has 94 valence electrons. The van der Waals surface area contributed by atoms with E-state index in [0.717, 1.165) is 23.3 Å². The van der Waals surface area contributed by atoms with Gasteiger partial charge in [-0.1, -0.05) is 25.7 Å². The molecule has 0 aromatic carbocycles. The van der Waals surface area contributed by atoms with Gasteiger partial charge in [0.2, 0.25) is 0 Å². The van der Waals surface area contributed by atoms with Gasteiger partial charge in [-0.15, -0.1) is 0 Å². The lowest BCUT2D eigenvalue weighted by molar-refractivity contribution is 0.265. The van der Waals surface area contributed by atoms with Crippen LogP contribution in [-0.4, -0.2) is 23.6 Å². The molecule has 3 atom stereocenters. The molecule has 2 heteroatoms. The minimum Gasteiger partial charge on any atom is -0.310 e. The smallest absolute Gasteiger partial charge is 0.0198 e. The van der Waals surface area contributed by atoms with E-state index in [9.17, 15) is 0 Å². The maximum atomic E-state index is 3.93. The lowest BCUT2D eigenvalue weighted by atomic mass is 9.84. The van der Waals surface area contributed by atoms with Crippen LogP contribution in [0.15, 0.2) is 0 Å². The Morgan fingerprint density at radius 3 is 2.44 bits per heavy atom. The predicted octanol–water partition coefficient (Wildman–Crippen LogP) is 3.83. The molecule has 1 nitrogen and oxygen atoms in total. The summed E-state index contributed by atoms with van der Waals surface area (Å²) in [7, 11) is 0. The van der Waals surface area contributed by atoms with Crippen LogP contribution in [0.3, 0.4) is 0 Å². The van der Waals surface area contributed by atoms with Crippen molar-refractivity contribution in [3.05, 3.63) is 0 Å². The van der Waals surface area contributed by atoms with Crippen LogP contribution in [0, 0.1) is 5.92 Å². The lowest BCUT2D eigenvalue weighted by Crippen LogP contribution is -2.44. The Morgan fingerprint density at radius 1 is 1.00 bits per heavy atom. The van der Waals surface area contributed by atoms with Gasteiger partial charge >= 0.3 is 0 Å². The molecule has 0 saturated heterocycles. The standard InChI is InChI=1S/C14H27NS/c1-11(12-7-4-3-5-8-12)15-13-9-6-10-14(13)16-2/h11-15H,3-10H2,1-2H3. The molecule has 1 N–H and O–H groups in total. The maximum Gasteiger partial charge on any atom is 0.0198 e. The first-order valence-electron chi connectivity index (χ1n) is 7.10. The summed E-state index contributed by atoms with van der Waals surface area (Å²) >= 11 is 2.07. The highest BCUT2D eigenvalue weighted by Crippen LogP contribution is 2.31. The van der Waals surface area contributed by atoms with E-state index in [1.807, 2.05) is 0 Å². The van der Waals surface area contributed by atoms with Crippen molar-refractivity contribution in [3.63, 3.8) is 0 Å². The average molecular weight is 241 g/mol. The van der Waals surface area contributed by atoms with E-state index in [4.69, 9.17) is 0 Å². The molecule has 3 unspecified atom stereocenters. The van der Waals surface area contributed by atoms with E-state index in [2.05, 4.69) is 30.3 Å². The van der Waals surface area contributed by atoms with Gasteiger partial charge in [-0.25, -0.2) is 0 Å². The molecular weight excluding hydrogens is 214 g/mol. The molecule has 0 bridgehead atoms. The molecule has 0 aromatic rings. The normalized spacial score (nSPS) is 34.1. The molecule has 2 aliphatic carbocycles. The fourth-order valence-electron chi connectivity index (χ4n) is 3.51. The third kappa shape index (κ3) is 3.16. The highest BCUT2D eigenvalue weighted by Gasteiger charge is 2.29. The summed E-state index contributed by atoms with van der Waals surface area (Å²) in [6.45, 7) is 2.42. The maximum absolute atomic E-state index is 3.93. The van der Waals surface area contributed by atoms with E-state index in [0.29, 0.717) is 0 Å². The molecule has 0 heterocycles. The summed E-state index contributed by atoms with van der Waals surface area (Å²) in [5, 5.41) is 4.81. The first kappa shape index (κ1) is 12.8. The monoisotopic (exact) mass is 241 g/mol. The van der Waals surface area contributed by atoms with Crippen molar-refractivity contribution in [2.45, 2.75) is 75.6 Å². The molecule has 0 aliphatic heterocycles. The molecular formula is C14H27NS. The zero-order chi connectivity index (χ0) is 11.4. The zero-order valence-electron chi connectivity index (χ0n) is 10.9. The molecule has 16 heavy (non-hydrogen) atoms. The second-order valence-corrected chi connectivity index (χ2v) is 6.74. The van der Waals surface area contributed by atoms with Gasteiger partial charge in [-0.3, -0.25) is 0 Å². The van der Waals surface area contributed by atoms with Crippen LogP contribution in [0.5, 0.6) is 0 Å². The summed E-state index contributed by atoms with van der Waals surface area (Å²) in [6, 6.07) is 1.55. The van der Waals surface area contributed by atoms with E-state index in [1.54, 1.807) is 0 Å². The fraction of sp³-hybridized carbons (Fsp3) is 1.00. The summed E-state index contributed by atoms with van der Waals surface area (Å²) in [5.74, 6) is 0.955. The Balaban J connectivity index is 1.78. The third-order valence-electron chi connectivity index (χ3n) is 4.59. The summed E-state index contributed by atoms with van der Waals surface area (Å²) in [4.78, 5) is 0. The Bertz CT molecular complexity index is 201. The quantitative estimate of drug-likeness (QED) is 0.803. The van der Waals surface area contributed by atoms with Crippen molar-refractivity contribution >= 4 is 11.8 Å². The Labute approximate surface area is 105 Å². The number of hydrogen-bond donors (Lipinski definition) is 1. The highest BCUT2D eigenvalue weighted by atomic mass is 32.2. The Kier molecular flexibility index (Phi) is 5.02. The fourth-order valence-corrected chi connectivity index (χ4v) is 4.45. The van der Waals surface area contributed by atoms with Crippen molar-refractivity contribution in [1.82, 2.24) is 5.32 Å². The minimum absolute atomic E-state index is 0.748. The van der Waals surface area contributed by atoms with Gasteiger partial charge < -0.3 is 5.32 Å². The average Bonchev–Trinajstić information content (AvgIpc) is 2.77. The number of hydrogen-bond acceptors (Lipinski definition) is 2. The first-order valence-corrected chi connectivity index (χ1v) is 8.39. The van der Waals surface area contributed by atoms with Gasteiger partial charge in [0.05, 0.1) is 0 Å². The van der Waals surface area contributed by atoms with Crippen molar-refractivity contribution in [2.24, 2.45) is 5.92 Å². The van der Waals surface area contributed by atoms with Gasteiger partial charge in [0.1, 0.15) is 0 Å². The van der Waals surface area contributed by atoms with E-state index >= 15 is 0 Å². The summed E-state index contributed by atoms with van der Waals surface area (Å²) < 4.78 is 0. The van der Waals surface area contributed by atoms with Crippen LogP contribution in [-0.2, 0) is 0 Å². The number of thioether (sulfide) groups is 1. The van der Waals surface area contributed by atoms with E-state index in [-0.39, 0.29) is 0 Å². The zero-order valence-corrected chi connectivity index (χ0v) is 11.7. The predicted molar refractivity (Wildman–Crippen MR) is 74.1 cm³/mol. The first-order chi connectivity index (χ1) is 7.81. The van der Waals surface area contributed by atoms with Crippen LogP contribution < -0.4 is 5.32 Å². The number of nitrogens with one attached hydrogen (secondary N) is 1. The van der Waals surface area contributed by atoms with Gasteiger partial charge in [-0.05, 0) is 44.8 Å². The van der Waals surface area contributed by atoms with Crippen molar-refractivity contribution in [3.8, 4) is 0 Å². The van der Waals surface area contributed by atoms with Gasteiger partial charge in [0.15, 0.2) is 0 Å². The topological polar surface area (TPSA) is 12.0 Å². The van der Waals surface area contributed by atoms with E-state index < -0.39 is 0 Å². The second kappa shape index (κ2) is 6.30. The van der Waals surface area contributed by atoms with Crippen LogP contribution in [0.1, 0.15) is 58.3 Å². The van der Waals surface area contributed by atoms with Gasteiger partial charge in [-0.2, -0.15) is 11.8 Å². The molecule has 2 aliphatic rings. The molecule has 0 radical (unpaired) electrons. The van der Waals surface area contributed by atoms with E-state index in [1.165, 1.54) is 51.4 Å². The van der Waals surface area contributed by atoms with Crippen LogP contribution in [0.2, 0.25) is 0 Å². The second-order valence-electron chi connectivity index (χ2n) is 5.66. The highest BCUT2D eigenvalue weighted by molar-refractivity contribution is 7.99. The minimum atomic E-state index is 0.748. The van der Waals surface area contributed by atoms with Crippen LogP contribution in [0.25, 0.3) is 0 Å². The van der Waals surface area contributed by atoms with Crippen molar-refractivity contribution in [1.29, 1.82) is 0 Å². The van der Waals surface area contributed by atoms with Gasteiger partial charge in [0.25, 0.3) is 0 Å². The molecule has 2 saturated carbocycles.